The second kappa shape index (κ2) is 6.22. The number of benzene rings is 1. The first kappa shape index (κ1) is 13.4. The lowest BCUT2D eigenvalue weighted by atomic mass is 10.4. The Hall–Kier alpha value is -1.04. The van der Waals surface area contributed by atoms with Gasteiger partial charge >= 0.3 is 5.97 Å². The molecule has 0 spiro atoms. The van der Waals surface area contributed by atoms with E-state index in [9.17, 15) is 4.79 Å². The highest BCUT2D eigenvalue weighted by Crippen LogP contribution is 2.31. The number of thiazole rings is 1. The highest BCUT2D eigenvalue weighted by molar-refractivity contribution is 8.01. The third-order valence-electron chi connectivity index (χ3n) is 1.99. The van der Waals surface area contributed by atoms with E-state index in [1.807, 2.05) is 24.3 Å². The fourth-order valence-corrected chi connectivity index (χ4v) is 3.09. The van der Waals surface area contributed by atoms with E-state index in [1.165, 1.54) is 23.1 Å². The molecule has 0 saturated heterocycles. The van der Waals surface area contributed by atoms with Crippen LogP contribution in [0.25, 0.3) is 0 Å². The predicted octanol–water partition coefficient (Wildman–Crippen LogP) is 4.12. The van der Waals surface area contributed by atoms with Crippen molar-refractivity contribution in [1.29, 1.82) is 0 Å². The van der Waals surface area contributed by atoms with Gasteiger partial charge in [0, 0.05) is 15.3 Å². The van der Waals surface area contributed by atoms with Crippen molar-refractivity contribution in [3.05, 3.63) is 40.4 Å². The molecule has 0 aliphatic carbocycles. The third kappa shape index (κ3) is 3.48. The summed E-state index contributed by atoms with van der Waals surface area (Å²) < 4.78 is 5.69. The molecule has 0 saturated carbocycles. The molecule has 0 fully saturated rings. The number of nitrogens with zero attached hydrogens (tertiary/aromatic N) is 1. The van der Waals surface area contributed by atoms with Crippen LogP contribution in [-0.2, 0) is 4.74 Å². The molecule has 18 heavy (non-hydrogen) atoms. The van der Waals surface area contributed by atoms with Crippen LogP contribution in [0.3, 0.4) is 0 Å². The molecule has 0 amide bonds. The summed E-state index contributed by atoms with van der Waals surface area (Å²) in [5.41, 5.74) is 0.360. The number of esters is 1. The molecule has 1 aromatic carbocycles. The Labute approximate surface area is 118 Å². The first-order valence-corrected chi connectivity index (χ1v) is 7.32. The van der Waals surface area contributed by atoms with Gasteiger partial charge in [-0.15, -0.1) is 11.3 Å². The molecule has 0 aliphatic rings. The SMILES string of the molecule is CCOC(=O)c1csc(Sc2ccc(Cl)cc2)n1. The van der Waals surface area contributed by atoms with Crippen LogP contribution in [0.2, 0.25) is 5.02 Å². The van der Waals surface area contributed by atoms with Crippen LogP contribution in [-0.4, -0.2) is 17.6 Å². The molecule has 0 bridgehead atoms. The molecule has 3 nitrogen and oxygen atoms in total. The molecular weight excluding hydrogens is 290 g/mol. The van der Waals surface area contributed by atoms with Crippen LogP contribution < -0.4 is 0 Å². The smallest absolute Gasteiger partial charge is 0.357 e. The quantitative estimate of drug-likeness (QED) is 0.796. The molecule has 0 aliphatic heterocycles. The van der Waals surface area contributed by atoms with Crippen molar-refractivity contribution in [2.45, 2.75) is 16.2 Å². The zero-order valence-electron chi connectivity index (χ0n) is 9.55. The van der Waals surface area contributed by atoms with E-state index in [0.29, 0.717) is 17.3 Å². The summed E-state index contributed by atoms with van der Waals surface area (Å²) >= 11 is 8.73. The van der Waals surface area contributed by atoms with Crippen molar-refractivity contribution in [1.82, 2.24) is 4.98 Å². The van der Waals surface area contributed by atoms with E-state index >= 15 is 0 Å². The average molecular weight is 300 g/mol. The Morgan fingerprint density at radius 1 is 1.44 bits per heavy atom. The first-order chi connectivity index (χ1) is 8.69. The minimum Gasteiger partial charge on any atom is -0.461 e. The number of carbonyl (C=O) groups is 1. The number of halogens is 1. The minimum absolute atomic E-state index is 0.357. The molecule has 6 heteroatoms. The van der Waals surface area contributed by atoms with Gasteiger partial charge in [0.05, 0.1) is 6.61 Å². The maximum absolute atomic E-state index is 11.5. The van der Waals surface area contributed by atoms with Gasteiger partial charge in [0.1, 0.15) is 0 Å². The van der Waals surface area contributed by atoms with Gasteiger partial charge in [-0.2, -0.15) is 0 Å². The van der Waals surface area contributed by atoms with Crippen LogP contribution in [0.5, 0.6) is 0 Å². The van der Waals surface area contributed by atoms with Crippen LogP contribution in [0.15, 0.2) is 38.9 Å². The van der Waals surface area contributed by atoms with Gasteiger partial charge in [0.25, 0.3) is 0 Å². The van der Waals surface area contributed by atoms with Gasteiger partial charge in [-0.3, -0.25) is 0 Å². The molecule has 0 unspecified atom stereocenters. The lowest BCUT2D eigenvalue weighted by Gasteiger charge is -1.98. The summed E-state index contributed by atoms with van der Waals surface area (Å²) in [6.45, 7) is 2.13. The van der Waals surface area contributed by atoms with E-state index in [4.69, 9.17) is 16.3 Å². The van der Waals surface area contributed by atoms with Crippen molar-refractivity contribution >= 4 is 40.7 Å². The topological polar surface area (TPSA) is 39.2 Å². The summed E-state index contributed by atoms with van der Waals surface area (Å²) in [6, 6.07) is 7.48. The Bertz CT molecular complexity index is 539. The Morgan fingerprint density at radius 2 is 2.17 bits per heavy atom. The lowest BCUT2D eigenvalue weighted by Crippen LogP contribution is -2.04. The summed E-state index contributed by atoms with van der Waals surface area (Å²) in [4.78, 5) is 16.7. The highest BCUT2D eigenvalue weighted by atomic mass is 35.5. The first-order valence-electron chi connectivity index (χ1n) is 5.25. The molecule has 94 valence electrons. The van der Waals surface area contributed by atoms with Gasteiger partial charge in [0.15, 0.2) is 10.0 Å². The summed E-state index contributed by atoms with van der Waals surface area (Å²) in [7, 11) is 0. The van der Waals surface area contributed by atoms with E-state index in [-0.39, 0.29) is 5.97 Å². The third-order valence-corrected chi connectivity index (χ3v) is 4.18. The zero-order valence-corrected chi connectivity index (χ0v) is 11.9. The Balaban J connectivity index is 2.06. The second-order valence-corrected chi connectivity index (χ2v) is 5.89. The van der Waals surface area contributed by atoms with Crippen molar-refractivity contribution in [2.75, 3.05) is 6.61 Å². The summed E-state index contributed by atoms with van der Waals surface area (Å²) in [5.74, 6) is -0.378. The lowest BCUT2D eigenvalue weighted by molar-refractivity contribution is 0.0520. The Kier molecular flexibility index (Phi) is 4.63. The molecule has 0 atom stereocenters. The second-order valence-electron chi connectivity index (χ2n) is 3.28. The minimum atomic E-state index is -0.378. The van der Waals surface area contributed by atoms with E-state index in [2.05, 4.69) is 4.98 Å². The van der Waals surface area contributed by atoms with Crippen molar-refractivity contribution in [2.24, 2.45) is 0 Å². The number of aromatic nitrogens is 1. The summed E-state index contributed by atoms with van der Waals surface area (Å²) in [5, 5.41) is 2.40. The molecule has 0 radical (unpaired) electrons. The van der Waals surface area contributed by atoms with Gasteiger partial charge in [-0.05, 0) is 31.2 Å². The summed E-state index contributed by atoms with van der Waals surface area (Å²) in [6.07, 6.45) is 0. The average Bonchev–Trinajstić information content (AvgIpc) is 2.81. The standard InChI is InChI=1S/C12H10ClNO2S2/c1-2-16-11(15)10-7-17-12(14-10)18-9-5-3-8(13)4-6-9/h3-7H,2H2,1H3. The van der Waals surface area contributed by atoms with E-state index in [0.717, 1.165) is 9.24 Å². The predicted molar refractivity (Wildman–Crippen MR) is 73.6 cm³/mol. The normalized spacial score (nSPS) is 10.3. The number of ether oxygens (including phenoxy) is 1. The maximum atomic E-state index is 11.5. The van der Waals surface area contributed by atoms with Crippen LogP contribution >= 0.6 is 34.7 Å². The molecule has 2 aromatic rings. The molecule has 1 heterocycles. The van der Waals surface area contributed by atoms with Gasteiger partial charge < -0.3 is 4.74 Å². The number of carbonyl (C=O) groups excluding carboxylic acids is 1. The number of hydrogen-bond acceptors (Lipinski definition) is 5. The molecule has 2 rings (SSSR count). The van der Waals surface area contributed by atoms with Gasteiger partial charge in [0.2, 0.25) is 0 Å². The zero-order chi connectivity index (χ0) is 13.0. The van der Waals surface area contributed by atoms with Crippen molar-refractivity contribution < 1.29 is 9.53 Å². The van der Waals surface area contributed by atoms with E-state index < -0.39 is 0 Å². The fraction of sp³-hybridized carbons (Fsp3) is 0.167. The van der Waals surface area contributed by atoms with Crippen LogP contribution in [0.1, 0.15) is 17.4 Å². The number of hydrogen-bond donors (Lipinski definition) is 0. The molecular formula is C12H10ClNO2S2. The van der Waals surface area contributed by atoms with Crippen LogP contribution in [0.4, 0.5) is 0 Å². The molecule has 1 aromatic heterocycles. The maximum Gasteiger partial charge on any atom is 0.357 e. The van der Waals surface area contributed by atoms with Gasteiger partial charge in [-0.25, -0.2) is 9.78 Å². The van der Waals surface area contributed by atoms with Gasteiger partial charge in [-0.1, -0.05) is 23.4 Å². The monoisotopic (exact) mass is 299 g/mol. The van der Waals surface area contributed by atoms with Crippen molar-refractivity contribution in [3.63, 3.8) is 0 Å². The Morgan fingerprint density at radius 3 is 2.83 bits per heavy atom. The van der Waals surface area contributed by atoms with Crippen molar-refractivity contribution in [3.8, 4) is 0 Å². The largest absolute Gasteiger partial charge is 0.461 e. The highest BCUT2D eigenvalue weighted by Gasteiger charge is 2.12. The van der Waals surface area contributed by atoms with Crippen LogP contribution in [0, 0.1) is 0 Å². The number of rotatable bonds is 4. The fourth-order valence-electron chi connectivity index (χ4n) is 1.21. The van der Waals surface area contributed by atoms with E-state index in [1.54, 1.807) is 12.3 Å². The molecule has 0 N–H and O–H groups in total.